The smallest absolute Gasteiger partial charge is 0.194 e. The lowest BCUT2D eigenvalue weighted by Gasteiger charge is -2.40. The Bertz CT molecular complexity index is 132. The second kappa shape index (κ2) is 4.21. The zero-order valence-corrected chi connectivity index (χ0v) is 8.13. The van der Waals surface area contributed by atoms with Crippen LogP contribution >= 0.6 is 0 Å². The molecule has 0 spiro atoms. The Labute approximate surface area is 74.0 Å². The topological polar surface area (TPSA) is 27.7 Å². The summed E-state index contributed by atoms with van der Waals surface area (Å²) < 4.78 is 16.1. The molecule has 0 aromatic rings. The van der Waals surface area contributed by atoms with Crippen molar-refractivity contribution < 1.29 is 14.2 Å². The van der Waals surface area contributed by atoms with Crippen LogP contribution in [0.3, 0.4) is 0 Å². The molecule has 0 aromatic heterocycles. The molecular formula is C9H18O3. The number of hydrogen-bond donors (Lipinski definition) is 0. The highest BCUT2D eigenvalue weighted by molar-refractivity contribution is 4.84. The molecule has 0 aliphatic heterocycles. The van der Waals surface area contributed by atoms with E-state index in [-0.39, 0.29) is 6.10 Å². The van der Waals surface area contributed by atoms with Crippen LogP contribution in [-0.2, 0) is 14.2 Å². The van der Waals surface area contributed by atoms with E-state index in [1.54, 1.807) is 21.3 Å². The Balaban J connectivity index is 2.66. The zero-order valence-electron chi connectivity index (χ0n) is 8.13. The van der Waals surface area contributed by atoms with Crippen molar-refractivity contribution >= 4 is 0 Å². The molecule has 0 aromatic carbocycles. The maximum Gasteiger partial charge on any atom is 0.194 e. The van der Waals surface area contributed by atoms with Crippen molar-refractivity contribution in [1.29, 1.82) is 0 Å². The average Bonchev–Trinajstić information content (AvgIpc) is 2.17. The van der Waals surface area contributed by atoms with Gasteiger partial charge < -0.3 is 14.2 Å². The van der Waals surface area contributed by atoms with Crippen molar-refractivity contribution in [3.8, 4) is 0 Å². The molecule has 0 bridgehead atoms. The average molecular weight is 174 g/mol. The van der Waals surface area contributed by atoms with E-state index in [1.807, 2.05) is 0 Å². The predicted octanol–water partition coefficient (Wildman–Crippen LogP) is 1.56. The summed E-state index contributed by atoms with van der Waals surface area (Å²) in [7, 11) is 5.07. The summed E-state index contributed by atoms with van der Waals surface area (Å²) in [6, 6.07) is 0. The minimum atomic E-state index is -0.493. The van der Waals surface area contributed by atoms with Crippen LogP contribution in [0.5, 0.6) is 0 Å². The van der Waals surface area contributed by atoms with Crippen LogP contribution in [0.15, 0.2) is 0 Å². The molecule has 1 aliphatic carbocycles. The molecule has 1 fully saturated rings. The quantitative estimate of drug-likeness (QED) is 0.608. The van der Waals surface area contributed by atoms with Gasteiger partial charge in [-0.15, -0.1) is 0 Å². The second-order valence-corrected chi connectivity index (χ2v) is 3.19. The van der Waals surface area contributed by atoms with Crippen molar-refractivity contribution in [3.05, 3.63) is 0 Å². The summed E-state index contributed by atoms with van der Waals surface area (Å²) in [6.07, 6.45) is 4.40. The highest BCUT2D eigenvalue weighted by Gasteiger charge is 2.41. The maximum atomic E-state index is 5.38. The minimum absolute atomic E-state index is 0.0845. The van der Waals surface area contributed by atoms with Crippen molar-refractivity contribution in [2.75, 3.05) is 21.3 Å². The third kappa shape index (κ3) is 1.63. The fourth-order valence-corrected chi connectivity index (χ4v) is 1.93. The zero-order chi connectivity index (χ0) is 9.03. The van der Waals surface area contributed by atoms with Crippen molar-refractivity contribution in [1.82, 2.24) is 0 Å². The Morgan fingerprint density at radius 1 is 1.08 bits per heavy atom. The van der Waals surface area contributed by atoms with Gasteiger partial charge in [0.1, 0.15) is 6.10 Å². The van der Waals surface area contributed by atoms with Crippen molar-refractivity contribution in [2.24, 2.45) is 0 Å². The first-order valence-electron chi connectivity index (χ1n) is 4.42. The molecule has 0 saturated heterocycles. The summed E-state index contributed by atoms with van der Waals surface area (Å²) in [5, 5.41) is 0. The maximum absolute atomic E-state index is 5.38. The van der Waals surface area contributed by atoms with Gasteiger partial charge in [0.05, 0.1) is 0 Å². The largest absolute Gasteiger partial charge is 0.376 e. The lowest BCUT2D eigenvalue weighted by atomic mass is 9.91. The summed E-state index contributed by atoms with van der Waals surface area (Å²) in [5.74, 6) is -0.493. The van der Waals surface area contributed by atoms with Crippen LogP contribution in [0.1, 0.15) is 25.7 Å². The summed E-state index contributed by atoms with van der Waals surface area (Å²) in [6.45, 7) is 0. The lowest BCUT2D eigenvalue weighted by molar-refractivity contribution is -0.277. The number of rotatable bonds is 3. The fraction of sp³-hybridized carbons (Fsp3) is 1.00. The van der Waals surface area contributed by atoms with Gasteiger partial charge in [0, 0.05) is 27.8 Å². The normalized spacial score (nSPS) is 28.8. The molecule has 3 heteroatoms. The fourth-order valence-electron chi connectivity index (χ4n) is 1.93. The van der Waals surface area contributed by atoms with Gasteiger partial charge in [0.15, 0.2) is 5.79 Å². The van der Waals surface area contributed by atoms with Gasteiger partial charge in [-0.1, -0.05) is 6.42 Å². The molecule has 3 nitrogen and oxygen atoms in total. The van der Waals surface area contributed by atoms with E-state index in [1.165, 1.54) is 6.42 Å². The molecule has 0 amide bonds. The number of methoxy groups -OCH3 is 3. The summed E-state index contributed by atoms with van der Waals surface area (Å²) in [4.78, 5) is 0. The highest BCUT2D eigenvalue weighted by Crippen LogP contribution is 2.33. The monoisotopic (exact) mass is 174 g/mol. The van der Waals surface area contributed by atoms with Crippen molar-refractivity contribution in [3.63, 3.8) is 0 Å². The SMILES string of the molecule is COC1CCCCC1(OC)OC. The van der Waals surface area contributed by atoms with Gasteiger partial charge in [0.2, 0.25) is 0 Å². The van der Waals surface area contributed by atoms with E-state index in [9.17, 15) is 0 Å². The summed E-state index contributed by atoms with van der Waals surface area (Å²) in [5.41, 5.74) is 0. The highest BCUT2D eigenvalue weighted by atomic mass is 16.7. The minimum Gasteiger partial charge on any atom is -0.376 e. The molecule has 0 heterocycles. The van der Waals surface area contributed by atoms with Crippen LogP contribution in [0, 0.1) is 0 Å². The van der Waals surface area contributed by atoms with E-state index in [2.05, 4.69) is 0 Å². The molecule has 1 atom stereocenters. The van der Waals surface area contributed by atoms with Gasteiger partial charge in [-0.25, -0.2) is 0 Å². The van der Waals surface area contributed by atoms with Crippen LogP contribution in [0.25, 0.3) is 0 Å². The van der Waals surface area contributed by atoms with Crippen LogP contribution in [0.4, 0.5) is 0 Å². The Kier molecular flexibility index (Phi) is 3.50. The van der Waals surface area contributed by atoms with E-state index in [0.717, 1.165) is 19.3 Å². The first kappa shape index (κ1) is 9.96. The standard InChI is InChI=1S/C9H18O3/c1-10-8-6-4-5-7-9(8,11-2)12-3/h8H,4-7H2,1-3H3. The lowest BCUT2D eigenvalue weighted by Crippen LogP contribution is -2.49. The first-order chi connectivity index (χ1) is 5.79. The molecule has 0 radical (unpaired) electrons. The Morgan fingerprint density at radius 3 is 2.17 bits per heavy atom. The summed E-state index contributed by atoms with van der Waals surface area (Å²) >= 11 is 0. The first-order valence-corrected chi connectivity index (χ1v) is 4.42. The Morgan fingerprint density at radius 2 is 1.75 bits per heavy atom. The molecule has 0 N–H and O–H groups in total. The van der Waals surface area contributed by atoms with Crippen LogP contribution < -0.4 is 0 Å². The molecule has 1 unspecified atom stereocenters. The van der Waals surface area contributed by atoms with Crippen LogP contribution in [-0.4, -0.2) is 33.2 Å². The molecule has 1 aliphatic rings. The molecule has 12 heavy (non-hydrogen) atoms. The number of hydrogen-bond acceptors (Lipinski definition) is 3. The van der Waals surface area contributed by atoms with Gasteiger partial charge >= 0.3 is 0 Å². The third-order valence-electron chi connectivity index (χ3n) is 2.71. The van der Waals surface area contributed by atoms with Gasteiger partial charge in [-0.2, -0.15) is 0 Å². The van der Waals surface area contributed by atoms with Crippen LogP contribution in [0.2, 0.25) is 0 Å². The second-order valence-electron chi connectivity index (χ2n) is 3.19. The van der Waals surface area contributed by atoms with Gasteiger partial charge in [-0.3, -0.25) is 0 Å². The molecule has 1 rings (SSSR count). The van der Waals surface area contributed by atoms with Gasteiger partial charge in [-0.05, 0) is 12.8 Å². The molecular weight excluding hydrogens is 156 g/mol. The van der Waals surface area contributed by atoms with Gasteiger partial charge in [0.25, 0.3) is 0 Å². The van der Waals surface area contributed by atoms with E-state index in [0.29, 0.717) is 0 Å². The predicted molar refractivity (Wildman–Crippen MR) is 46.0 cm³/mol. The Hall–Kier alpha value is -0.120. The molecule has 72 valence electrons. The number of ether oxygens (including phenoxy) is 3. The van der Waals surface area contributed by atoms with Crippen molar-refractivity contribution in [2.45, 2.75) is 37.6 Å². The van der Waals surface area contributed by atoms with E-state index in [4.69, 9.17) is 14.2 Å². The van der Waals surface area contributed by atoms with E-state index >= 15 is 0 Å². The third-order valence-corrected chi connectivity index (χ3v) is 2.71. The molecule has 1 saturated carbocycles. The van der Waals surface area contributed by atoms with E-state index < -0.39 is 5.79 Å².